The molecule has 3 unspecified atom stereocenters. The first-order valence-corrected chi connectivity index (χ1v) is 13.3. The van der Waals surface area contributed by atoms with Crippen molar-refractivity contribution in [3.8, 4) is 0 Å². The molecular formula is C29H56. The minimum atomic E-state index is 0.893. The van der Waals surface area contributed by atoms with E-state index in [-0.39, 0.29) is 0 Å². The van der Waals surface area contributed by atoms with Gasteiger partial charge in [-0.2, -0.15) is 0 Å². The fraction of sp³-hybridized carbons (Fsp3) is 0.862. The summed E-state index contributed by atoms with van der Waals surface area (Å²) in [4.78, 5) is 0. The van der Waals surface area contributed by atoms with Gasteiger partial charge in [0.15, 0.2) is 0 Å². The molecule has 0 bridgehead atoms. The molecule has 0 aliphatic carbocycles. The average molecular weight is 405 g/mol. The molecular weight excluding hydrogens is 348 g/mol. The predicted octanol–water partition coefficient (Wildman–Crippen LogP) is 10.5. The Hall–Kier alpha value is -0.260. The summed E-state index contributed by atoms with van der Waals surface area (Å²) in [7, 11) is 0. The fourth-order valence-corrected chi connectivity index (χ4v) is 4.49. The van der Waals surface area contributed by atoms with E-state index >= 15 is 0 Å². The second kappa shape index (κ2) is 22.4. The summed E-state index contributed by atoms with van der Waals surface area (Å²) in [6.45, 7) is 15.2. The third-order valence-corrected chi connectivity index (χ3v) is 6.51. The molecule has 2 radical (unpaired) electrons. The molecule has 0 saturated heterocycles. The van der Waals surface area contributed by atoms with E-state index in [0.29, 0.717) is 0 Å². The van der Waals surface area contributed by atoms with Crippen molar-refractivity contribution >= 4 is 0 Å². The number of hydrogen-bond acceptors (Lipinski definition) is 0. The van der Waals surface area contributed by atoms with Crippen molar-refractivity contribution in [1.29, 1.82) is 0 Å². The zero-order valence-corrected chi connectivity index (χ0v) is 20.7. The number of allylic oxidation sites excluding steroid dienone is 2. The van der Waals surface area contributed by atoms with Gasteiger partial charge in [0.25, 0.3) is 0 Å². The Morgan fingerprint density at radius 1 is 0.483 bits per heavy atom. The van der Waals surface area contributed by atoms with E-state index in [1.165, 1.54) is 109 Å². The van der Waals surface area contributed by atoms with Crippen molar-refractivity contribution in [3.05, 3.63) is 26.0 Å². The summed E-state index contributed by atoms with van der Waals surface area (Å²) in [6, 6.07) is 0. The summed E-state index contributed by atoms with van der Waals surface area (Å²) < 4.78 is 0. The summed E-state index contributed by atoms with van der Waals surface area (Å²) in [5.74, 6) is 2.69. The molecule has 0 heteroatoms. The Balaban J connectivity index is 3.47. The van der Waals surface area contributed by atoms with Gasteiger partial charge in [-0.3, -0.25) is 0 Å². The molecule has 0 rings (SSSR count). The van der Waals surface area contributed by atoms with Crippen LogP contribution in [0, 0.1) is 31.6 Å². The minimum absolute atomic E-state index is 0.893. The minimum Gasteiger partial charge on any atom is -0.0885 e. The van der Waals surface area contributed by atoms with Crippen LogP contribution in [-0.2, 0) is 0 Å². The van der Waals surface area contributed by atoms with Crippen LogP contribution in [0.5, 0.6) is 0 Å². The van der Waals surface area contributed by atoms with E-state index < -0.39 is 0 Å². The van der Waals surface area contributed by atoms with Crippen LogP contribution in [0.25, 0.3) is 0 Å². The average Bonchev–Trinajstić information content (AvgIpc) is 2.69. The van der Waals surface area contributed by atoms with Crippen LogP contribution in [0.2, 0.25) is 0 Å². The molecule has 0 heterocycles. The van der Waals surface area contributed by atoms with E-state index in [0.717, 1.165) is 30.6 Å². The Kier molecular flexibility index (Phi) is 22.2. The second-order valence-corrected chi connectivity index (χ2v) is 10.00. The molecule has 3 atom stereocenters. The molecule has 0 fully saturated rings. The SMILES string of the molecule is [CH2]CCCCCCCCC(C)CC/C=C/CCCC(C)CC(C)CCCCC[CH2]. The topological polar surface area (TPSA) is 0 Å². The molecule has 0 spiro atoms. The van der Waals surface area contributed by atoms with Crippen LogP contribution in [-0.4, -0.2) is 0 Å². The maximum Gasteiger partial charge on any atom is -0.0348 e. The van der Waals surface area contributed by atoms with Gasteiger partial charge in [-0.1, -0.05) is 137 Å². The number of hydrogen-bond donors (Lipinski definition) is 0. The van der Waals surface area contributed by atoms with Crippen LogP contribution in [0.3, 0.4) is 0 Å². The highest BCUT2D eigenvalue weighted by Gasteiger charge is 2.08. The van der Waals surface area contributed by atoms with Crippen molar-refractivity contribution in [1.82, 2.24) is 0 Å². The van der Waals surface area contributed by atoms with Crippen LogP contribution in [0.4, 0.5) is 0 Å². The van der Waals surface area contributed by atoms with E-state index in [1.54, 1.807) is 0 Å². The Bertz CT molecular complexity index is 329. The molecule has 0 N–H and O–H groups in total. The van der Waals surface area contributed by atoms with Gasteiger partial charge >= 0.3 is 0 Å². The van der Waals surface area contributed by atoms with Crippen LogP contribution in [0.1, 0.15) is 143 Å². The van der Waals surface area contributed by atoms with Crippen molar-refractivity contribution < 1.29 is 0 Å². The molecule has 0 nitrogen and oxygen atoms in total. The van der Waals surface area contributed by atoms with Crippen LogP contribution < -0.4 is 0 Å². The van der Waals surface area contributed by atoms with E-state index in [2.05, 4.69) is 46.8 Å². The monoisotopic (exact) mass is 404 g/mol. The Labute approximate surface area is 186 Å². The number of rotatable bonds is 22. The fourth-order valence-electron chi connectivity index (χ4n) is 4.49. The Morgan fingerprint density at radius 3 is 1.55 bits per heavy atom. The third kappa shape index (κ3) is 22.3. The summed E-state index contributed by atoms with van der Waals surface area (Å²) >= 11 is 0. The second-order valence-electron chi connectivity index (χ2n) is 10.00. The zero-order chi connectivity index (χ0) is 21.6. The molecule has 172 valence electrons. The Morgan fingerprint density at radius 2 is 0.931 bits per heavy atom. The maximum absolute atomic E-state index is 3.94. The van der Waals surface area contributed by atoms with Crippen molar-refractivity contribution in [3.63, 3.8) is 0 Å². The maximum atomic E-state index is 3.94. The normalized spacial score (nSPS) is 15.1. The van der Waals surface area contributed by atoms with Crippen molar-refractivity contribution in [2.24, 2.45) is 17.8 Å². The summed E-state index contributed by atoms with van der Waals surface area (Å²) in [6.07, 6.45) is 30.6. The van der Waals surface area contributed by atoms with E-state index in [9.17, 15) is 0 Å². The molecule has 0 aromatic rings. The molecule has 0 aromatic carbocycles. The van der Waals surface area contributed by atoms with Gasteiger partial charge in [0.05, 0.1) is 0 Å². The standard InChI is InChI=1S/C29H56/c1-6-8-10-12-13-15-19-22-27(3)23-20-16-14-17-21-25-29(5)26-28(4)24-18-11-9-7-2/h14,16,27-29H,1-2,6-13,15,17-26H2,3-5H3/b16-14+. The van der Waals surface area contributed by atoms with Crippen LogP contribution >= 0.6 is 0 Å². The van der Waals surface area contributed by atoms with Gasteiger partial charge in [0, 0.05) is 0 Å². The first kappa shape index (κ1) is 28.7. The smallest absolute Gasteiger partial charge is 0.0348 e. The largest absolute Gasteiger partial charge is 0.0885 e. The van der Waals surface area contributed by atoms with Gasteiger partial charge in [-0.25, -0.2) is 0 Å². The molecule has 0 aliphatic heterocycles. The highest BCUT2D eigenvalue weighted by molar-refractivity contribution is 4.82. The van der Waals surface area contributed by atoms with Gasteiger partial charge in [0.2, 0.25) is 0 Å². The van der Waals surface area contributed by atoms with Crippen molar-refractivity contribution in [2.45, 2.75) is 143 Å². The van der Waals surface area contributed by atoms with Crippen molar-refractivity contribution in [2.75, 3.05) is 0 Å². The van der Waals surface area contributed by atoms with E-state index in [1.807, 2.05) is 0 Å². The van der Waals surface area contributed by atoms with Gasteiger partial charge < -0.3 is 0 Å². The quantitative estimate of drug-likeness (QED) is 0.124. The molecule has 29 heavy (non-hydrogen) atoms. The van der Waals surface area contributed by atoms with Gasteiger partial charge in [-0.15, -0.1) is 0 Å². The van der Waals surface area contributed by atoms with Gasteiger partial charge in [-0.05, 0) is 49.9 Å². The van der Waals surface area contributed by atoms with Gasteiger partial charge in [0.1, 0.15) is 0 Å². The lowest BCUT2D eigenvalue weighted by atomic mass is 9.89. The molecule has 0 aromatic heterocycles. The lowest BCUT2D eigenvalue weighted by Crippen LogP contribution is -2.03. The highest BCUT2D eigenvalue weighted by Crippen LogP contribution is 2.22. The summed E-state index contributed by atoms with van der Waals surface area (Å²) in [5.41, 5.74) is 0. The zero-order valence-electron chi connectivity index (χ0n) is 20.7. The molecule has 0 saturated carbocycles. The molecule has 0 amide bonds. The lowest BCUT2D eigenvalue weighted by molar-refractivity contribution is 0.362. The lowest BCUT2D eigenvalue weighted by Gasteiger charge is -2.17. The predicted molar refractivity (Wildman–Crippen MR) is 135 cm³/mol. The van der Waals surface area contributed by atoms with E-state index in [4.69, 9.17) is 0 Å². The number of unbranched alkanes of at least 4 members (excludes halogenated alkanes) is 10. The first-order valence-electron chi connectivity index (χ1n) is 13.3. The highest BCUT2D eigenvalue weighted by atomic mass is 14.1. The molecule has 0 aliphatic rings. The first-order chi connectivity index (χ1) is 14.1. The van der Waals surface area contributed by atoms with Crippen LogP contribution in [0.15, 0.2) is 12.2 Å². The summed E-state index contributed by atoms with van der Waals surface area (Å²) in [5, 5.41) is 0. The third-order valence-electron chi connectivity index (χ3n) is 6.51.